The van der Waals surface area contributed by atoms with Crippen LogP contribution in [0.1, 0.15) is 49.0 Å². The number of benzene rings is 1. The number of nitrogens with zero attached hydrogens (tertiary/aromatic N) is 4. The molecule has 10 nitrogen and oxygen atoms in total. The molecule has 3 N–H and O–H groups in total. The third-order valence-corrected chi connectivity index (χ3v) is 6.75. The van der Waals surface area contributed by atoms with Crippen molar-refractivity contribution in [2.75, 3.05) is 51.1 Å². The fourth-order valence-electron chi connectivity index (χ4n) is 4.72. The zero-order valence-corrected chi connectivity index (χ0v) is 24.2. The zero-order valence-electron chi connectivity index (χ0n) is 24.2. The molecule has 10 heteroatoms. The summed E-state index contributed by atoms with van der Waals surface area (Å²) in [5.41, 5.74) is 4.01. The van der Waals surface area contributed by atoms with E-state index in [1.807, 2.05) is 60.0 Å². The van der Waals surface area contributed by atoms with E-state index in [9.17, 15) is 4.79 Å². The van der Waals surface area contributed by atoms with Crippen LogP contribution in [0, 0.1) is 6.92 Å². The molecule has 1 aromatic carbocycles. The molecule has 0 saturated carbocycles. The maximum atomic E-state index is 12.9. The highest BCUT2D eigenvalue weighted by atomic mass is 16.7. The lowest BCUT2D eigenvalue weighted by atomic mass is 10.0. The highest BCUT2D eigenvalue weighted by molar-refractivity contribution is 6.01. The second-order valence-electron chi connectivity index (χ2n) is 9.78. The molecular formula is C30H41N7O3. The Hall–Kier alpha value is -3.73. The molecule has 0 unspecified atom stereocenters. The van der Waals surface area contributed by atoms with Crippen molar-refractivity contribution in [1.29, 1.82) is 0 Å². The Balaban J connectivity index is 1.69. The number of allylic oxidation sites excluding steroid dienone is 1. The van der Waals surface area contributed by atoms with Gasteiger partial charge >= 0.3 is 0 Å². The molecule has 1 fully saturated rings. The number of anilines is 2. The van der Waals surface area contributed by atoms with Gasteiger partial charge in [-0.1, -0.05) is 32.0 Å². The molecule has 3 heterocycles. The van der Waals surface area contributed by atoms with Crippen LogP contribution in [0.3, 0.4) is 0 Å². The molecule has 2 aromatic heterocycles. The van der Waals surface area contributed by atoms with Gasteiger partial charge in [0.2, 0.25) is 0 Å². The normalized spacial score (nSPS) is 15.8. The summed E-state index contributed by atoms with van der Waals surface area (Å²) in [5, 5.41) is 17.2. The first kappa shape index (κ1) is 29.3. The summed E-state index contributed by atoms with van der Waals surface area (Å²) in [6.07, 6.45) is 5.99. The average Bonchev–Trinajstić information content (AvgIpc) is 3.56. The number of rotatable bonds is 14. The number of hydrogen-bond acceptors (Lipinski definition) is 9. The van der Waals surface area contributed by atoms with Gasteiger partial charge in [-0.25, -0.2) is 9.67 Å². The Morgan fingerprint density at radius 2 is 2.05 bits per heavy atom. The number of hydroxylamine groups is 2. The Morgan fingerprint density at radius 1 is 1.25 bits per heavy atom. The molecule has 0 bridgehead atoms. The van der Waals surface area contributed by atoms with E-state index >= 15 is 0 Å². The van der Waals surface area contributed by atoms with Crippen LogP contribution in [-0.4, -0.2) is 72.1 Å². The van der Waals surface area contributed by atoms with Crippen LogP contribution in [0.15, 0.2) is 54.5 Å². The van der Waals surface area contributed by atoms with Crippen LogP contribution in [-0.2, 0) is 9.57 Å². The maximum absolute atomic E-state index is 12.9. The molecular weight excluding hydrogens is 506 g/mol. The van der Waals surface area contributed by atoms with Gasteiger partial charge in [0.25, 0.3) is 0 Å². The van der Waals surface area contributed by atoms with Crippen molar-refractivity contribution in [1.82, 2.24) is 25.1 Å². The summed E-state index contributed by atoms with van der Waals surface area (Å²) < 4.78 is 7.10. The summed E-state index contributed by atoms with van der Waals surface area (Å²) in [6.45, 7) is 8.83. The second-order valence-corrected chi connectivity index (χ2v) is 9.78. The summed E-state index contributed by atoms with van der Waals surface area (Å²) in [7, 11) is 3.47. The molecule has 0 radical (unpaired) electrons. The van der Waals surface area contributed by atoms with Crippen LogP contribution < -0.4 is 16.0 Å². The first-order valence-electron chi connectivity index (χ1n) is 14.0. The number of carbonyl (C=O) groups excluding carboxylic acids is 1. The second kappa shape index (κ2) is 14.1. The first-order chi connectivity index (χ1) is 19.5. The van der Waals surface area contributed by atoms with Gasteiger partial charge < -0.3 is 20.7 Å². The number of pyridine rings is 1. The van der Waals surface area contributed by atoms with Crippen LogP contribution in [0.2, 0.25) is 0 Å². The molecule has 40 heavy (non-hydrogen) atoms. The molecule has 0 aliphatic carbocycles. The highest BCUT2D eigenvalue weighted by Gasteiger charge is 2.25. The van der Waals surface area contributed by atoms with E-state index in [1.165, 1.54) is 0 Å². The summed E-state index contributed by atoms with van der Waals surface area (Å²) in [6, 6.07) is 12.0. The molecule has 214 valence electrons. The van der Waals surface area contributed by atoms with E-state index < -0.39 is 0 Å². The van der Waals surface area contributed by atoms with Crippen LogP contribution >= 0.6 is 0 Å². The van der Waals surface area contributed by atoms with Crippen molar-refractivity contribution in [2.24, 2.45) is 0 Å². The van der Waals surface area contributed by atoms with E-state index in [0.717, 1.165) is 60.1 Å². The van der Waals surface area contributed by atoms with Crippen molar-refractivity contribution >= 4 is 17.4 Å². The fourth-order valence-corrected chi connectivity index (χ4v) is 4.72. The van der Waals surface area contributed by atoms with E-state index in [2.05, 4.69) is 33.9 Å². The van der Waals surface area contributed by atoms with Crippen molar-refractivity contribution in [3.63, 3.8) is 0 Å². The summed E-state index contributed by atoms with van der Waals surface area (Å²) in [5.74, 6) is 2.37. The van der Waals surface area contributed by atoms with Gasteiger partial charge in [0.1, 0.15) is 17.5 Å². The lowest BCUT2D eigenvalue weighted by molar-refractivity contribution is -0.118. The van der Waals surface area contributed by atoms with Gasteiger partial charge in [-0.2, -0.15) is 10.2 Å². The Kier molecular flexibility index (Phi) is 10.3. The summed E-state index contributed by atoms with van der Waals surface area (Å²) >= 11 is 0. The number of hydrogen-bond donors (Lipinski definition) is 3. The number of carbonyl (C=O) groups is 1. The van der Waals surface area contributed by atoms with Crippen LogP contribution in [0.4, 0.5) is 11.6 Å². The Morgan fingerprint density at radius 3 is 2.75 bits per heavy atom. The standard InChI is InChI=1S/C30H41N7O3/c1-6-11-26(38)25-17-22(18-32-29(25)31-4)28-21(3)30(37(35-28)24-13-9-8-10-14-24)34-27(12-7-2)33-23-19-36(40-20-23)15-16-39-5/h8-10,12-14,17-18,23,33-34H,6-7,11,15-16,19-20H2,1-5H3,(H,31,32)/b27-12-/t23-/m1/s1. The predicted octanol–water partition coefficient (Wildman–Crippen LogP) is 4.78. The number of Topliss-reactive ketones (excluding diaryl/α,β-unsaturated/α-hetero) is 1. The molecule has 1 atom stereocenters. The van der Waals surface area contributed by atoms with E-state index in [4.69, 9.17) is 14.7 Å². The molecule has 4 rings (SSSR count). The SMILES string of the molecule is CC/C=C(\Nc1c(C)c(-c2cnc(NC)c(C(=O)CCC)c2)nn1-c1ccccc1)N[C@H]1CON(CCOC)C1. The first-order valence-corrected chi connectivity index (χ1v) is 14.0. The third kappa shape index (κ3) is 6.88. The Bertz CT molecular complexity index is 1310. The smallest absolute Gasteiger partial charge is 0.166 e. The predicted molar refractivity (Wildman–Crippen MR) is 159 cm³/mol. The van der Waals surface area contributed by atoms with Crippen LogP contribution in [0.5, 0.6) is 0 Å². The largest absolute Gasteiger partial charge is 0.383 e. The van der Waals surface area contributed by atoms with Crippen molar-refractivity contribution in [2.45, 2.75) is 46.1 Å². The van der Waals surface area contributed by atoms with Crippen LogP contribution in [0.25, 0.3) is 16.9 Å². The minimum atomic E-state index is 0.0652. The van der Waals surface area contributed by atoms with Crippen molar-refractivity contribution in [3.8, 4) is 16.9 Å². The minimum Gasteiger partial charge on any atom is -0.383 e. The van der Waals surface area contributed by atoms with Crippen molar-refractivity contribution in [3.05, 3.63) is 65.6 Å². The van der Waals surface area contributed by atoms with Gasteiger partial charge in [-0.05, 0) is 44.0 Å². The maximum Gasteiger partial charge on any atom is 0.166 e. The van der Waals surface area contributed by atoms with Gasteiger partial charge in [0.15, 0.2) is 5.78 Å². The van der Waals surface area contributed by atoms with Gasteiger partial charge in [0.05, 0.1) is 36.2 Å². The highest BCUT2D eigenvalue weighted by Crippen LogP contribution is 2.32. The lowest BCUT2D eigenvalue weighted by Gasteiger charge is -2.19. The molecule has 1 aliphatic heterocycles. The van der Waals surface area contributed by atoms with Gasteiger partial charge in [0, 0.05) is 51.0 Å². The number of aromatic nitrogens is 3. The number of ketones is 1. The lowest BCUT2D eigenvalue weighted by Crippen LogP contribution is -2.36. The van der Waals surface area contributed by atoms with Gasteiger partial charge in [-0.15, -0.1) is 0 Å². The molecule has 1 aliphatic rings. The van der Waals surface area contributed by atoms with Gasteiger partial charge in [-0.3, -0.25) is 9.63 Å². The number of methoxy groups -OCH3 is 1. The molecule has 0 spiro atoms. The number of ether oxygens (including phenoxy) is 1. The van der Waals surface area contributed by atoms with E-state index in [0.29, 0.717) is 31.0 Å². The topological polar surface area (TPSA) is 106 Å². The molecule has 3 aromatic rings. The monoisotopic (exact) mass is 547 g/mol. The fraction of sp³-hybridized carbons (Fsp3) is 0.433. The minimum absolute atomic E-state index is 0.0652. The quantitative estimate of drug-likeness (QED) is 0.246. The van der Waals surface area contributed by atoms with E-state index in [1.54, 1.807) is 20.4 Å². The molecule has 0 amide bonds. The zero-order chi connectivity index (χ0) is 28.5. The average molecular weight is 548 g/mol. The molecule has 1 saturated heterocycles. The Labute approximate surface area is 236 Å². The number of para-hydroxylation sites is 1. The summed E-state index contributed by atoms with van der Waals surface area (Å²) in [4.78, 5) is 23.3. The van der Waals surface area contributed by atoms with Crippen molar-refractivity contribution < 1.29 is 14.4 Å². The third-order valence-electron chi connectivity index (χ3n) is 6.75. The number of nitrogens with one attached hydrogen (secondary N) is 3. The van der Waals surface area contributed by atoms with E-state index in [-0.39, 0.29) is 11.8 Å².